The summed E-state index contributed by atoms with van der Waals surface area (Å²) in [6, 6.07) is -0.0648. The van der Waals surface area contributed by atoms with E-state index in [4.69, 9.17) is 16.2 Å². The molecular weight excluding hydrogens is 194 g/mol. The number of primary amides is 1. The minimum Gasteiger partial charge on any atom is -0.377 e. The number of likely N-dealkylation sites (tertiary alicyclic amines) is 1. The molecule has 1 heterocycles. The Bertz CT molecular complexity index is 211. The Morgan fingerprint density at radius 2 is 2.40 bits per heavy atom. The van der Waals surface area contributed by atoms with Crippen LogP contribution in [0.4, 0.5) is 0 Å². The molecule has 15 heavy (non-hydrogen) atoms. The van der Waals surface area contributed by atoms with Gasteiger partial charge in [0, 0.05) is 26.2 Å². The summed E-state index contributed by atoms with van der Waals surface area (Å²) < 4.78 is 5.44. The second-order valence-corrected chi connectivity index (χ2v) is 3.84. The number of carbonyl (C=O) groups is 1. The third kappa shape index (κ3) is 3.44. The van der Waals surface area contributed by atoms with Crippen molar-refractivity contribution >= 4 is 5.91 Å². The van der Waals surface area contributed by atoms with Gasteiger partial charge in [0.15, 0.2) is 0 Å². The Balaban J connectivity index is 2.21. The molecule has 1 rings (SSSR count). The highest BCUT2D eigenvalue weighted by atomic mass is 16.5. The molecule has 0 spiro atoms. The Labute approximate surface area is 90.7 Å². The van der Waals surface area contributed by atoms with Gasteiger partial charge in [0.05, 0.1) is 12.1 Å². The van der Waals surface area contributed by atoms with Crippen LogP contribution in [0.5, 0.6) is 0 Å². The van der Waals surface area contributed by atoms with Crippen molar-refractivity contribution in [2.24, 2.45) is 11.5 Å². The molecule has 1 aliphatic heterocycles. The first-order valence-corrected chi connectivity index (χ1v) is 5.54. The van der Waals surface area contributed by atoms with Crippen LogP contribution >= 0.6 is 0 Å². The topological polar surface area (TPSA) is 81.6 Å². The van der Waals surface area contributed by atoms with Gasteiger partial charge >= 0.3 is 0 Å². The lowest BCUT2D eigenvalue weighted by molar-refractivity contribution is -0.127. The van der Waals surface area contributed by atoms with Gasteiger partial charge in [0.2, 0.25) is 5.91 Å². The number of hydrogen-bond acceptors (Lipinski definition) is 4. The van der Waals surface area contributed by atoms with E-state index in [0.29, 0.717) is 13.2 Å². The quantitative estimate of drug-likeness (QED) is 0.588. The van der Waals surface area contributed by atoms with E-state index < -0.39 is 0 Å². The highest BCUT2D eigenvalue weighted by molar-refractivity contribution is 5.80. The fourth-order valence-corrected chi connectivity index (χ4v) is 1.85. The summed E-state index contributed by atoms with van der Waals surface area (Å²) in [6.45, 7) is 4.97. The second-order valence-electron chi connectivity index (χ2n) is 3.84. The predicted octanol–water partition coefficient (Wildman–Crippen LogP) is -0.700. The molecule has 5 heteroatoms. The monoisotopic (exact) mass is 215 g/mol. The molecule has 1 fully saturated rings. The van der Waals surface area contributed by atoms with Crippen LogP contribution in [0.25, 0.3) is 0 Å². The molecule has 1 saturated heterocycles. The maximum absolute atomic E-state index is 11.0. The van der Waals surface area contributed by atoms with Gasteiger partial charge in [-0.2, -0.15) is 0 Å². The van der Waals surface area contributed by atoms with E-state index in [2.05, 4.69) is 4.90 Å². The minimum atomic E-state index is -0.220. The van der Waals surface area contributed by atoms with Crippen LogP contribution in [-0.4, -0.2) is 49.2 Å². The molecule has 4 N–H and O–H groups in total. The molecule has 2 unspecified atom stereocenters. The van der Waals surface area contributed by atoms with E-state index in [1.807, 2.05) is 6.92 Å². The van der Waals surface area contributed by atoms with Crippen molar-refractivity contribution in [3.8, 4) is 0 Å². The number of rotatable bonds is 7. The van der Waals surface area contributed by atoms with E-state index in [1.165, 1.54) is 0 Å². The van der Waals surface area contributed by atoms with Crippen molar-refractivity contribution < 1.29 is 9.53 Å². The summed E-state index contributed by atoms with van der Waals surface area (Å²) in [7, 11) is 0. The maximum Gasteiger partial charge on any atom is 0.234 e. The fourth-order valence-electron chi connectivity index (χ4n) is 1.85. The molecule has 0 aromatic heterocycles. The lowest BCUT2D eigenvalue weighted by atomic mass is 10.0. The molecule has 0 bridgehead atoms. The summed E-state index contributed by atoms with van der Waals surface area (Å²) in [5, 5.41) is 0. The minimum absolute atomic E-state index is 0.0648. The number of hydrogen-bond donors (Lipinski definition) is 2. The molecule has 5 nitrogen and oxygen atoms in total. The fraction of sp³-hybridized carbons (Fsp3) is 0.900. The number of ether oxygens (including phenoxy) is 1. The zero-order valence-corrected chi connectivity index (χ0v) is 9.32. The second kappa shape index (κ2) is 6.05. The third-order valence-corrected chi connectivity index (χ3v) is 2.86. The van der Waals surface area contributed by atoms with Crippen molar-refractivity contribution in [1.82, 2.24) is 4.90 Å². The molecule has 0 aliphatic carbocycles. The van der Waals surface area contributed by atoms with Gasteiger partial charge in [-0.15, -0.1) is 0 Å². The Kier molecular flexibility index (Phi) is 5.01. The molecule has 0 saturated carbocycles. The summed E-state index contributed by atoms with van der Waals surface area (Å²) in [5.41, 5.74) is 10.8. The van der Waals surface area contributed by atoms with Gasteiger partial charge in [-0.3, -0.25) is 9.69 Å². The number of nitrogens with zero attached hydrogens (tertiary/aromatic N) is 1. The normalized spacial score (nSPS) is 23.5. The van der Waals surface area contributed by atoms with Crippen molar-refractivity contribution in [2.75, 3.05) is 26.2 Å². The van der Waals surface area contributed by atoms with Crippen LogP contribution in [0.3, 0.4) is 0 Å². The molecule has 88 valence electrons. The molecule has 2 atom stereocenters. The molecule has 1 aliphatic rings. The van der Waals surface area contributed by atoms with Crippen LogP contribution in [0.1, 0.15) is 19.8 Å². The zero-order chi connectivity index (χ0) is 11.3. The van der Waals surface area contributed by atoms with Gasteiger partial charge in [-0.05, 0) is 19.8 Å². The highest BCUT2D eigenvalue weighted by Crippen LogP contribution is 2.17. The van der Waals surface area contributed by atoms with Crippen LogP contribution in [0.2, 0.25) is 0 Å². The number of nitrogens with two attached hydrogens (primary N) is 2. The van der Waals surface area contributed by atoms with Gasteiger partial charge in [0.25, 0.3) is 0 Å². The SMILES string of the molecule is CCOC(CN)CCN1CCC1C(N)=O. The summed E-state index contributed by atoms with van der Waals surface area (Å²) in [4.78, 5) is 13.0. The largest absolute Gasteiger partial charge is 0.377 e. The van der Waals surface area contributed by atoms with E-state index >= 15 is 0 Å². The van der Waals surface area contributed by atoms with Gasteiger partial charge in [0.1, 0.15) is 0 Å². The smallest absolute Gasteiger partial charge is 0.234 e. The molecular formula is C10H21N3O2. The number of amides is 1. The molecule has 0 aromatic rings. The lowest BCUT2D eigenvalue weighted by Gasteiger charge is -2.39. The predicted molar refractivity (Wildman–Crippen MR) is 58.3 cm³/mol. The van der Waals surface area contributed by atoms with E-state index in [-0.39, 0.29) is 18.1 Å². The zero-order valence-electron chi connectivity index (χ0n) is 9.32. The highest BCUT2D eigenvalue weighted by Gasteiger charge is 2.32. The van der Waals surface area contributed by atoms with E-state index in [0.717, 1.165) is 25.9 Å². The van der Waals surface area contributed by atoms with Gasteiger partial charge in [-0.25, -0.2) is 0 Å². The van der Waals surface area contributed by atoms with Gasteiger partial charge < -0.3 is 16.2 Å². The Morgan fingerprint density at radius 3 is 2.80 bits per heavy atom. The van der Waals surface area contributed by atoms with Crippen LogP contribution in [0, 0.1) is 0 Å². The van der Waals surface area contributed by atoms with Crippen molar-refractivity contribution in [3.63, 3.8) is 0 Å². The average molecular weight is 215 g/mol. The first-order chi connectivity index (χ1) is 7.19. The van der Waals surface area contributed by atoms with Crippen molar-refractivity contribution in [1.29, 1.82) is 0 Å². The molecule has 0 radical (unpaired) electrons. The Hall–Kier alpha value is -0.650. The standard InChI is InChI=1S/C10H21N3O2/c1-2-15-8(7-11)3-5-13-6-4-9(13)10(12)14/h8-9H,2-7,11H2,1H3,(H2,12,14). The van der Waals surface area contributed by atoms with Crippen molar-refractivity contribution in [3.05, 3.63) is 0 Å². The lowest BCUT2D eigenvalue weighted by Crippen LogP contribution is -2.55. The van der Waals surface area contributed by atoms with Crippen LogP contribution < -0.4 is 11.5 Å². The first-order valence-electron chi connectivity index (χ1n) is 5.54. The average Bonchev–Trinajstić information content (AvgIpc) is 2.13. The summed E-state index contributed by atoms with van der Waals surface area (Å²) >= 11 is 0. The molecule has 1 amide bonds. The van der Waals surface area contributed by atoms with E-state index in [1.54, 1.807) is 0 Å². The summed E-state index contributed by atoms with van der Waals surface area (Å²) in [5.74, 6) is -0.220. The van der Waals surface area contributed by atoms with Crippen molar-refractivity contribution in [2.45, 2.75) is 31.9 Å². The van der Waals surface area contributed by atoms with E-state index in [9.17, 15) is 4.79 Å². The first kappa shape index (κ1) is 12.4. The van der Waals surface area contributed by atoms with Crippen LogP contribution in [0.15, 0.2) is 0 Å². The van der Waals surface area contributed by atoms with Crippen LogP contribution in [-0.2, 0) is 9.53 Å². The Morgan fingerprint density at radius 1 is 1.67 bits per heavy atom. The van der Waals surface area contributed by atoms with Gasteiger partial charge in [-0.1, -0.05) is 0 Å². The molecule has 0 aromatic carbocycles. The number of carbonyl (C=O) groups excluding carboxylic acids is 1. The summed E-state index contributed by atoms with van der Waals surface area (Å²) in [6.07, 6.45) is 1.86. The maximum atomic E-state index is 11.0. The third-order valence-electron chi connectivity index (χ3n) is 2.86.